The number of thiazole rings is 1. The van der Waals surface area contributed by atoms with Crippen molar-refractivity contribution >= 4 is 48.1 Å². The number of nitrogens with zero attached hydrogens (tertiary/aromatic N) is 2. The quantitative estimate of drug-likeness (QED) is 0.584. The van der Waals surface area contributed by atoms with E-state index in [2.05, 4.69) is 4.98 Å². The Hall–Kier alpha value is -1.19. The molecule has 1 atom stereocenters. The van der Waals surface area contributed by atoms with E-state index in [4.69, 9.17) is 15.4 Å². The molecule has 21 heavy (non-hydrogen) atoms. The second-order valence-corrected chi connectivity index (χ2v) is 8.34. The maximum absolute atomic E-state index is 11.9. The third-order valence-electron chi connectivity index (χ3n) is 2.84. The van der Waals surface area contributed by atoms with E-state index in [0.29, 0.717) is 10.0 Å². The first kappa shape index (κ1) is 16.2. The van der Waals surface area contributed by atoms with Crippen LogP contribution in [0, 0.1) is 5.92 Å². The molecule has 0 aromatic carbocycles. The number of anilines is 1. The highest BCUT2D eigenvalue weighted by molar-refractivity contribution is 8.13. The third-order valence-corrected chi connectivity index (χ3v) is 5.09. The molecule has 1 aromatic heterocycles. The number of carbonyl (C=O) groups excluding carboxylic acids is 2. The third kappa shape index (κ3) is 4.14. The molecule has 1 unspecified atom stereocenters. The summed E-state index contributed by atoms with van der Waals surface area (Å²) in [6.45, 7) is 2.17. The lowest BCUT2D eigenvalue weighted by Gasteiger charge is -2.12. The molecule has 0 bridgehead atoms. The zero-order valence-electron chi connectivity index (χ0n) is 11.1. The Kier molecular flexibility index (Phi) is 4.84. The molecule has 7 nitrogen and oxygen atoms in total. The van der Waals surface area contributed by atoms with Crippen molar-refractivity contribution in [3.8, 4) is 0 Å². The molecule has 10 heteroatoms. The topological polar surface area (TPSA) is 93.6 Å². The monoisotopic (exact) mass is 352 g/mol. The minimum Gasteiger partial charge on any atom is -0.462 e. The lowest BCUT2D eigenvalue weighted by Crippen LogP contribution is -2.25. The number of hydrogen-bond donors (Lipinski definition) is 0. The first-order valence-electron chi connectivity index (χ1n) is 6.15. The van der Waals surface area contributed by atoms with Gasteiger partial charge in [-0.05, 0) is 6.92 Å². The van der Waals surface area contributed by atoms with E-state index in [1.54, 1.807) is 6.92 Å². The van der Waals surface area contributed by atoms with Crippen molar-refractivity contribution in [2.24, 2.45) is 5.92 Å². The summed E-state index contributed by atoms with van der Waals surface area (Å²) < 4.78 is 27.0. The Morgan fingerprint density at radius 3 is 2.95 bits per heavy atom. The summed E-state index contributed by atoms with van der Waals surface area (Å²) in [6, 6.07) is 0. The van der Waals surface area contributed by atoms with Gasteiger partial charge in [0, 0.05) is 29.6 Å². The van der Waals surface area contributed by atoms with Crippen molar-refractivity contribution in [1.29, 1.82) is 0 Å². The van der Waals surface area contributed by atoms with Gasteiger partial charge in [0.1, 0.15) is 4.88 Å². The summed E-state index contributed by atoms with van der Waals surface area (Å²) >= 11 is 1.04. The zero-order chi connectivity index (χ0) is 15.6. The van der Waals surface area contributed by atoms with Gasteiger partial charge in [-0.25, -0.2) is 18.2 Å². The highest BCUT2D eigenvalue weighted by atomic mass is 35.7. The van der Waals surface area contributed by atoms with Gasteiger partial charge in [0.05, 0.1) is 18.6 Å². The molecule has 1 aliphatic rings. The van der Waals surface area contributed by atoms with Crippen LogP contribution in [0.3, 0.4) is 0 Å². The molecular formula is C11H13ClN2O5S2. The Morgan fingerprint density at radius 2 is 2.33 bits per heavy atom. The SMILES string of the molecule is CCOC(=O)c1cnc(N2CC(CS(=O)(=O)Cl)CC2=O)s1. The lowest BCUT2D eigenvalue weighted by atomic mass is 10.1. The van der Waals surface area contributed by atoms with Crippen molar-refractivity contribution < 1.29 is 22.7 Å². The normalized spacial score (nSPS) is 19.0. The number of rotatable bonds is 5. The van der Waals surface area contributed by atoms with Crippen LogP contribution in [0.2, 0.25) is 0 Å². The summed E-state index contributed by atoms with van der Waals surface area (Å²) in [7, 11) is 1.55. The Labute approximate surface area is 130 Å². The molecule has 1 fully saturated rings. The van der Waals surface area contributed by atoms with Gasteiger partial charge in [0.15, 0.2) is 5.13 Å². The average molecular weight is 353 g/mol. The van der Waals surface area contributed by atoms with Gasteiger partial charge in [-0.1, -0.05) is 11.3 Å². The van der Waals surface area contributed by atoms with Gasteiger partial charge < -0.3 is 4.74 Å². The van der Waals surface area contributed by atoms with Gasteiger partial charge in [0.2, 0.25) is 15.0 Å². The predicted molar refractivity (Wildman–Crippen MR) is 78.2 cm³/mol. The minimum atomic E-state index is -3.65. The van der Waals surface area contributed by atoms with Gasteiger partial charge in [-0.3, -0.25) is 9.69 Å². The van der Waals surface area contributed by atoms with E-state index in [1.807, 2.05) is 0 Å². The number of hydrogen-bond acceptors (Lipinski definition) is 7. The fourth-order valence-electron chi connectivity index (χ4n) is 2.05. The van der Waals surface area contributed by atoms with Crippen molar-refractivity contribution in [3.63, 3.8) is 0 Å². The summed E-state index contributed by atoms with van der Waals surface area (Å²) in [4.78, 5) is 29.2. The Bertz CT molecular complexity index is 657. The summed E-state index contributed by atoms with van der Waals surface area (Å²) in [5.41, 5.74) is 0. The molecule has 0 aliphatic carbocycles. The number of ether oxygens (including phenoxy) is 1. The lowest BCUT2D eigenvalue weighted by molar-refractivity contribution is -0.117. The molecule has 1 aliphatic heterocycles. The van der Waals surface area contributed by atoms with Crippen LogP contribution in [0.4, 0.5) is 5.13 Å². The number of aromatic nitrogens is 1. The average Bonchev–Trinajstić information content (AvgIpc) is 2.94. The molecule has 2 heterocycles. The second-order valence-electron chi connectivity index (χ2n) is 4.51. The van der Waals surface area contributed by atoms with Crippen LogP contribution in [0.1, 0.15) is 23.0 Å². The molecule has 1 saturated heterocycles. The molecule has 116 valence electrons. The predicted octanol–water partition coefficient (Wildman–Crippen LogP) is 1.24. The molecule has 1 amide bonds. The van der Waals surface area contributed by atoms with Gasteiger partial charge in [0.25, 0.3) is 0 Å². The van der Waals surface area contributed by atoms with E-state index in [1.165, 1.54) is 11.1 Å². The summed E-state index contributed by atoms with van der Waals surface area (Å²) in [5, 5.41) is 0.359. The number of esters is 1. The fourth-order valence-corrected chi connectivity index (χ4v) is 4.20. The van der Waals surface area contributed by atoms with E-state index in [0.717, 1.165) is 11.3 Å². The Balaban J connectivity index is 2.09. The van der Waals surface area contributed by atoms with E-state index >= 15 is 0 Å². The van der Waals surface area contributed by atoms with Crippen LogP contribution in [0.25, 0.3) is 0 Å². The number of carbonyl (C=O) groups is 2. The van der Waals surface area contributed by atoms with Crippen molar-refractivity contribution in [3.05, 3.63) is 11.1 Å². The molecule has 0 spiro atoms. The van der Waals surface area contributed by atoms with Crippen LogP contribution in [-0.2, 0) is 18.6 Å². The second kappa shape index (κ2) is 6.29. The van der Waals surface area contributed by atoms with Crippen LogP contribution < -0.4 is 4.90 Å². The molecule has 0 N–H and O–H groups in total. The first-order valence-corrected chi connectivity index (χ1v) is 9.45. The maximum atomic E-state index is 11.9. The standard InChI is InChI=1S/C11H13ClN2O5S2/c1-2-19-10(16)8-4-13-11(20-8)14-5-7(3-9(14)15)6-21(12,17)18/h4,7H,2-3,5-6H2,1H3. The smallest absolute Gasteiger partial charge is 0.350 e. The maximum Gasteiger partial charge on any atom is 0.350 e. The summed E-state index contributed by atoms with van der Waals surface area (Å²) in [5.74, 6) is -1.35. The zero-order valence-corrected chi connectivity index (χ0v) is 13.5. The Morgan fingerprint density at radius 1 is 1.62 bits per heavy atom. The van der Waals surface area contributed by atoms with Crippen molar-refractivity contribution in [2.45, 2.75) is 13.3 Å². The minimum absolute atomic E-state index is 0.0975. The van der Waals surface area contributed by atoms with Crippen LogP contribution in [0.5, 0.6) is 0 Å². The largest absolute Gasteiger partial charge is 0.462 e. The van der Waals surface area contributed by atoms with E-state index in [-0.39, 0.29) is 37.2 Å². The van der Waals surface area contributed by atoms with Crippen molar-refractivity contribution in [1.82, 2.24) is 4.98 Å². The van der Waals surface area contributed by atoms with E-state index < -0.39 is 15.0 Å². The van der Waals surface area contributed by atoms with Gasteiger partial charge >= 0.3 is 5.97 Å². The highest BCUT2D eigenvalue weighted by Gasteiger charge is 2.34. The van der Waals surface area contributed by atoms with Crippen molar-refractivity contribution in [2.75, 3.05) is 23.8 Å². The molecule has 2 rings (SSSR count). The number of halogens is 1. The van der Waals surface area contributed by atoms with Crippen LogP contribution in [-0.4, -0.2) is 44.2 Å². The molecule has 0 radical (unpaired) electrons. The molecular weight excluding hydrogens is 340 g/mol. The number of amides is 1. The molecule has 0 saturated carbocycles. The van der Waals surface area contributed by atoms with Gasteiger partial charge in [-0.2, -0.15) is 0 Å². The highest BCUT2D eigenvalue weighted by Crippen LogP contribution is 2.30. The molecule has 1 aromatic rings. The van der Waals surface area contributed by atoms with Crippen LogP contribution in [0.15, 0.2) is 6.20 Å². The van der Waals surface area contributed by atoms with E-state index in [9.17, 15) is 18.0 Å². The van der Waals surface area contributed by atoms with Crippen LogP contribution >= 0.6 is 22.0 Å². The first-order chi connectivity index (χ1) is 9.80. The van der Waals surface area contributed by atoms with Gasteiger partial charge in [-0.15, -0.1) is 0 Å². The summed E-state index contributed by atoms with van der Waals surface area (Å²) in [6.07, 6.45) is 1.44. The fraction of sp³-hybridized carbons (Fsp3) is 0.545.